The standard InChI is InChI=1S/C18H11Cl2NO4.C7H8N2O2/c1-21-15-5-3-10(18(24)25)8-11(15)16(22)12(17(21)23)6-9-2-4-13(19)14(20)7-9;1-11-6-3-2-5(4-9-6)7(8)10/h2-8H,1H3,(H,24,25);2-4H,1H3,(H2,8,10)/b12-6-;. The number of ketones is 1. The average Bonchev–Trinajstić information content (AvgIpc) is 2.87. The van der Waals surface area contributed by atoms with Crippen molar-refractivity contribution in [1.29, 1.82) is 0 Å². The lowest BCUT2D eigenvalue weighted by Crippen LogP contribution is -2.36. The molecule has 0 aliphatic carbocycles. The average molecular weight is 528 g/mol. The summed E-state index contributed by atoms with van der Waals surface area (Å²) in [5.41, 5.74) is 6.33. The highest BCUT2D eigenvalue weighted by Crippen LogP contribution is 2.32. The number of anilines is 1. The molecule has 3 aromatic rings. The first kappa shape index (κ1) is 26.4. The number of halogens is 2. The SMILES string of the molecule is CN1C(=O)/C(=C\c2ccc(Cl)c(Cl)c2)C(=O)c2cc(C(=O)O)ccc21.COc1ccc(C(N)=O)cn1. The van der Waals surface area contributed by atoms with Crippen molar-refractivity contribution >= 4 is 58.5 Å². The summed E-state index contributed by atoms with van der Waals surface area (Å²) in [6.45, 7) is 0. The number of primary amides is 1. The number of carboxylic acid groups (broad SMARTS) is 1. The Labute approximate surface area is 215 Å². The number of ether oxygens (including phenoxy) is 1. The molecule has 36 heavy (non-hydrogen) atoms. The van der Waals surface area contributed by atoms with Crippen molar-refractivity contribution in [3.8, 4) is 5.88 Å². The van der Waals surface area contributed by atoms with Crippen LogP contribution in [-0.4, -0.2) is 47.8 Å². The molecule has 0 spiro atoms. The molecule has 2 amide bonds. The highest BCUT2D eigenvalue weighted by molar-refractivity contribution is 6.42. The first-order chi connectivity index (χ1) is 17.0. The van der Waals surface area contributed by atoms with Crippen LogP contribution in [0.1, 0.15) is 36.6 Å². The maximum absolute atomic E-state index is 12.7. The largest absolute Gasteiger partial charge is 0.481 e. The van der Waals surface area contributed by atoms with Gasteiger partial charge in [-0.15, -0.1) is 0 Å². The molecule has 1 aliphatic rings. The molecule has 0 unspecified atom stereocenters. The number of fused-ring (bicyclic) bond motifs is 1. The number of hydrogen-bond acceptors (Lipinski definition) is 6. The number of aromatic carboxylic acids is 1. The Kier molecular flexibility index (Phi) is 8.08. The lowest BCUT2D eigenvalue weighted by Gasteiger charge is -2.26. The molecular weight excluding hydrogens is 509 g/mol. The van der Waals surface area contributed by atoms with Gasteiger partial charge in [-0.3, -0.25) is 14.4 Å². The zero-order chi connectivity index (χ0) is 26.6. The van der Waals surface area contributed by atoms with Crippen molar-refractivity contribution < 1.29 is 29.0 Å². The number of carbonyl (C=O) groups is 4. The number of rotatable bonds is 4. The lowest BCUT2D eigenvalue weighted by molar-refractivity contribution is -0.114. The van der Waals surface area contributed by atoms with E-state index in [0.29, 0.717) is 32.7 Å². The normalized spacial score (nSPS) is 13.6. The highest BCUT2D eigenvalue weighted by Gasteiger charge is 2.33. The minimum absolute atomic E-state index is 0.0243. The Balaban J connectivity index is 0.000000275. The Morgan fingerprint density at radius 2 is 1.72 bits per heavy atom. The second-order valence-electron chi connectivity index (χ2n) is 7.42. The number of hydrogen-bond donors (Lipinski definition) is 2. The summed E-state index contributed by atoms with van der Waals surface area (Å²) in [6, 6.07) is 12.0. The molecule has 184 valence electrons. The lowest BCUT2D eigenvalue weighted by atomic mass is 9.92. The number of amides is 2. The van der Waals surface area contributed by atoms with E-state index in [1.165, 1.54) is 49.5 Å². The van der Waals surface area contributed by atoms with Gasteiger partial charge in [-0.1, -0.05) is 29.3 Å². The first-order valence-electron chi connectivity index (χ1n) is 10.2. The zero-order valence-corrected chi connectivity index (χ0v) is 20.5. The van der Waals surface area contributed by atoms with E-state index in [0.717, 1.165) is 0 Å². The molecule has 1 aliphatic heterocycles. The third-order valence-electron chi connectivity index (χ3n) is 5.11. The molecule has 0 bridgehead atoms. The smallest absolute Gasteiger partial charge is 0.335 e. The quantitative estimate of drug-likeness (QED) is 0.384. The first-order valence-corrected chi connectivity index (χ1v) is 11.0. The molecule has 0 atom stereocenters. The van der Waals surface area contributed by atoms with Gasteiger partial charge in [0, 0.05) is 24.9 Å². The van der Waals surface area contributed by atoms with E-state index in [1.54, 1.807) is 30.3 Å². The molecule has 0 fully saturated rings. The molecule has 11 heteroatoms. The van der Waals surface area contributed by atoms with Gasteiger partial charge in [-0.2, -0.15) is 0 Å². The van der Waals surface area contributed by atoms with Gasteiger partial charge in [0.15, 0.2) is 0 Å². The molecule has 9 nitrogen and oxygen atoms in total. The van der Waals surface area contributed by atoms with Crippen LogP contribution in [0.2, 0.25) is 10.0 Å². The minimum atomic E-state index is -1.15. The number of nitrogens with two attached hydrogens (primary N) is 1. The van der Waals surface area contributed by atoms with Crippen LogP contribution in [-0.2, 0) is 4.79 Å². The number of Topliss-reactive ketones (excluding diaryl/α,β-unsaturated/α-hetero) is 1. The Morgan fingerprint density at radius 1 is 1.03 bits per heavy atom. The summed E-state index contributed by atoms with van der Waals surface area (Å²) in [5.74, 6) is -2.18. The second-order valence-corrected chi connectivity index (χ2v) is 8.23. The van der Waals surface area contributed by atoms with Gasteiger partial charge in [-0.25, -0.2) is 9.78 Å². The van der Waals surface area contributed by atoms with Gasteiger partial charge in [0.25, 0.3) is 5.91 Å². The zero-order valence-electron chi connectivity index (χ0n) is 19.0. The monoisotopic (exact) mass is 527 g/mol. The Hall–Kier alpha value is -4.21. The molecule has 2 aromatic carbocycles. The highest BCUT2D eigenvalue weighted by atomic mass is 35.5. The van der Waals surface area contributed by atoms with Crippen LogP contribution in [0.5, 0.6) is 5.88 Å². The predicted molar refractivity (Wildman–Crippen MR) is 135 cm³/mol. The molecule has 4 rings (SSSR count). The maximum atomic E-state index is 12.7. The number of benzene rings is 2. The number of pyridine rings is 1. The van der Waals surface area contributed by atoms with Crippen molar-refractivity contribution in [2.45, 2.75) is 0 Å². The van der Waals surface area contributed by atoms with Gasteiger partial charge < -0.3 is 20.5 Å². The van der Waals surface area contributed by atoms with E-state index in [2.05, 4.69) is 4.98 Å². The topological polar surface area (TPSA) is 140 Å². The van der Waals surface area contributed by atoms with Gasteiger partial charge in [0.1, 0.15) is 0 Å². The summed E-state index contributed by atoms with van der Waals surface area (Å²) in [6.07, 6.45) is 2.79. The van der Waals surface area contributed by atoms with E-state index in [1.807, 2.05) is 0 Å². The van der Waals surface area contributed by atoms with Crippen molar-refractivity contribution in [2.24, 2.45) is 5.73 Å². The molecule has 3 N–H and O–H groups in total. The fourth-order valence-electron chi connectivity index (χ4n) is 3.22. The van der Waals surface area contributed by atoms with Crippen LogP contribution in [0.4, 0.5) is 5.69 Å². The van der Waals surface area contributed by atoms with Crippen molar-refractivity contribution in [3.05, 3.63) is 92.6 Å². The number of likely N-dealkylation sites (N-methyl/N-ethyl adjacent to an activating group) is 1. The summed E-state index contributed by atoms with van der Waals surface area (Å²) < 4.78 is 4.79. The van der Waals surface area contributed by atoms with Crippen LogP contribution in [0, 0.1) is 0 Å². The van der Waals surface area contributed by atoms with Crippen LogP contribution < -0.4 is 15.4 Å². The van der Waals surface area contributed by atoms with Crippen LogP contribution in [0.15, 0.2) is 60.3 Å². The van der Waals surface area contributed by atoms with Crippen molar-refractivity contribution in [1.82, 2.24) is 4.98 Å². The van der Waals surface area contributed by atoms with Crippen molar-refractivity contribution in [2.75, 3.05) is 19.1 Å². The molecule has 2 heterocycles. The van der Waals surface area contributed by atoms with Crippen LogP contribution in [0.25, 0.3) is 6.08 Å². The third-order valence-corrected chi connectivity index (χ3v) is 5.85. The number of carbonyl (C=O) groups excluding carboxylic acids is 3. The maximum Gasteiger partial charge on any atom is 0.335 e. The Morgan fingerprint density at radius 3 is 2.28 bits per heavy atom. The van der Waals surface area contributed by atoms with Gasteiger partial charge in [0.2, 0.25) is 17.6 Å². The molecule has 0 saturated carbocycles. The number of methoxy groups -OCH3 is 1. The second kappa shape index (κ2) is 11.0. The fourth-order valence-corrected chi connectivity index (χ4v) is 3.53. The van der Waals surface area contributed by atoms with Crippen LogP contribution in [0.3, 0.4) is 0 Å². The number of nitrogens with zero attached hydrogens (tertiary/aromatic N) is 2. The minimum Gasteiger partial charge on any atom is -0.481 e. The summed E-state index contributed by atoms with van der Waals surface area (Å²) in [7, 11) is 3.03. The van der Waals surface area contributed by atoms with E-state index in [-0.39, 0.29) is 16.7 Å². The van der Waals surface area contributed by atoms with Gasteiger partial charge >= 0.3 is 5.97 Å². The summed E-state index contributed by atoms with van der Waals surface area (Å²) >= 11 is 11.8. The fraction of sp³-hybridized carbons (Fsp3) is 0.0800. The third kappa shape index (κ3) is 5.70. The molecular formula is C25H19Cl2N3O6. The van der Waals surface area contributed by atoms with E-state index in [9.17, 15) is 19.2 Å². The van der Waals surface area contributed by atoms with E-state index >= 15 is 0 Å². The van der Waals surface area contributed by atoms with E-state index < -0.39 is 23.6 Å². The number of aromatic nitrogens is 1. The van der Waals surface area contributed by atoms with Crippen LogP contribution >= 0.6 is 23.2 Å². The van der Waals surface area contributed by atoms with Crippen molar-refractivity contribution in [3.63, 3.8) is 0 Å². The molecule has 0 radical (unpaired) electrons. The predicted octanol–water partition coefficient (Wildman–Crippen LogP) is 4.12. The molecule has 0 saturated heterocycles. The molecule has 1 aromatic heterocycles. The van der Waals surface area contributed by atoms with Gasteiger partial charge in [-0.05, 0) is 48.0 Å². The summed E-state index contributed by atoms with van der Waals surface area (Å²) in [5, 5.41) is 9.77. The summed E-state index contributed by atoms with van der Waals surface area (Å²) in [4.78, 5) is 52.1. The Bertz CT molecular complexity index is 1400. The number of carboxylic acids is 1. The van der Waals surface area contributed by atoms with E-state index in [4.69, 9.17) is 38.8 Å². The van der Waals surface area contributed by atoms with Gasteiger partial charge in [0.05, 0.1) is 39.5 Å².